The third kappa shape index (κ3) is 5.94. The van der Waals surface area contributed by atoms with E-state index in [9.17, 15) is 4.79 Å². The molecule has 39 heavy (non-hydrogen) atoms. The lowest BCUT2D eigenvalue weighted by Gasteiger charge is -2.33. The predicted molar refractivity (Wildman–Crippen MR) is 158 cm³/mol. The van der Waals surface area contributed by atoms with Crippen LogP contribution in [0, 0.1) is 0 Å². The molecule has 210 valence electrons. The van der Waals surface area contributed by atoms with Gasteiger partial charge in [0.05, 0.1) is 26.5 Å². The minimum Gasteiger partial charge on any atom is -0.493 e. The van der Waals surface area contributed by atoms with Crippen molar-refractivity contribution in [2.45, 2.75) is 76.3 Å². The van der Waals surface area contributed by atoms with Gasteiger partial charge < -0.3 is 30.4 Å². The van der Waals surface area contributed by atoms with Crippen LogP contribution < -0.4 is 20.5 Å². The number of carbonyl (C=O) groups is 1. The molecule has 2 aliphatic rings. The van der Waals surface area contributed by atoms with Crippen LogP contribution in [-0.4, -0.2) is 61.7 Å². The molecule has 4 N–H and O–H groups in total. The summed E-state index contributed by atoms with van der Waals surface area (Å²) in [5, 5.41) is 4.76. The Morgan fingerprint density at radius 1 is 1.00 bits per heavy atom. The van der Waals surface area contributed by atoms with Crippen molar-refractivity contribution in [3.8, 4) is 22.8 Å². The monoisotopic (exact) mass is 532 g/mol. The highest BCUT2D eigenvalue weighted by atomic mass is 16.5. The molecule has 1 aliphatic heterocycles. The Balaban J connectivity index is 1.28. The van der Waals surface area contributed by atoms with Crippen LogP contribution >= 0.6 is 0 Å². The maximum absolute atomic E-state index is 12.9. The summed E-state index contributed by atoms with van der Waals surface area (Å²) in [6.45, 7) is 6.58. The van der Waals surface area contributed by atoms with Crippen LogP contribution in [0.4, 0.5) is 0 Å². The van der Waals surface area contributed by atoms with Crippen molar-refractivity contribution in [3.63, 3.8) is 0 Å². The first-order valence-corrected chi connectivity index (χ1v) is 14.5. The second-order valence-electron chi connectivity index (χ2n) is 11.6. The Hall–Kier alpha value is -3.03. The van der Waals surface area contributed by atoms with E-state index in [0.29, 0.717) is 30.5 Å². The van der Waals surface area contributed by atoms with Gasteiger partial charge in [0.1, 0.15) is 0 Å². The van der Waals surface area contributed by atoms with E-state index < -0.39 is 0 Å². The quantitative estimate of drug-likeness (QED) is 0.354. The fourth-order valence-electron chi connectivity index (χ4n) is 6.43. The maximum atomic E-state index is 12.9. The number of hydrogen-bond donors (Lipinski definition) is 3. The zero-order valence-corrected chi connectivity index (χ0v) is 23.9. The first-order valence-electron chi connectivity index (χ1n) is 14.5. The number of H-pyrrole nitrogens is 1. The number of nitrogens with two attached hydrogens (primary N) is 1. The zero-order chi connectivity index (χ0) is 27.5. The van der Waals surface area contributed by atoms with Gasteiger partial charge in [0, 0.05) is 41.6 Å². The Kier molecular flexibility index (Phi) is 8.48. The highest BCUT2D eigenvalue weighted by Gasteiger charge is 2.26. The van der Waals surface area contributed by atoms with Gasteiger partial charge in [0.15, 0.2) is 11.5 Å². The van der Waals surface area contributed by atoms with E-state index >= 15 is 0 Å². The van der Waals surface area contributed by atoms with Crippen LogP contribution in [0.15, 0.2) is 36.4 Å². The molecule has 0 atom stereocenters. The number of likely N-dealkylation sites (tertiary alicyclic amines) is 1. The maximum Gasteiger partial charge on any atom is 0.236 e. The molecule has 0 unspecified atom stereocenters. The Labute approximate surface area is 232 Å². The highest BCUT2D eigenvalue weighted by Crippen LogP contribution is 2.40. The number of carbonyl (C=O) groups excluding carboxylic acids is 1. The highest BCUT2D eigenvalue weighted by molar-refractivity contribution is 5.92. The van der Waals surface area contributed by atoms with Gasteiger partial charge in [-0.2, -0.15) is 0 Å². The number of fused-ring (bicyclic) bond motifs is 1. The molecule has 2 fully saturated rings. The summed E-state index contributed by atoms with van der Waals surface area (Å²) < 4.78 is 11.0. The molecule has 1 amide bonds. The van der Waals surface area contributed by atoms with Crippen LogP contribution in [-0.2, 0) is 4.79 Å². The average Bonchev–Trinajstić information content (AvgIpc) is 3.35. The van der Waals surface area contributed by atoms with E-state index in [-0.39, 0.29) is 5.91 Å². The second-order valence-corrected chi connectivity index (χ2v) is 11.6. The number of rotatable bonds is 8. The van der Waals surface area contributed by atoms with Gasteiger partial charge >= 0.3 is 0 Å². The van der Waals surface area contributed by atoms with Crippen LogP contribution in [0.1, 0.15) is 75.3 Å². The van der Waals surface area contributed by atoms with Crippen molar-refractivity contribution in [1.82, 2.24) is 15.2 Å². The number of amides is 1. The molecular weight excluding hydrogens is 488 g/mol. The van der Waals surface area contributed by atoms with Crippen LogP contribution in [0.2, 0.25) is 0 Å². The largest absolute Gasteiger partial charge is 0.493 e. The number of ether oxygens (including phenoxy) is 2. The van der Waals surface area contributed by atoms with E-state index in [2.05, 4.69) is 48.4 Å². The summed E-state index contributed by atoms with van der Waals surface area (Å²) >= 11 is 0. The van der Waals surface area contributed by atoms with Crippen molar-refractivity contribution < 1.29 is 14.3 Å². The van der Waals surface area contributed by atoms with Gasteiger partial charge in [0.25, 0.3) is 0 Å². The zero-order valence-electron chi connectivity index (χ0n) is 23.9. The van der Waals surface area contributed by atoms with E-state index in [1.807, 2.05) is 17.0 Å². The number of nitrogens with zero attached hydrogens (tertiary/aromatic N) is 1. The smallest absolute Gasteiger partial charge is 0.236 e. The van der Waals surface area contributed by atoms with Gasteiger partial charge in [-0.15, -0.1) is 0 Å². The molecule has 0 radical (unpaired) electrons. The van der Waals surface area contributed by atoms with Crippen molar-refractivity contribution in [2.24, 2.45) is 5.73 Å². The minimum absolute atomic E-state index is 0.228. The van der Waals surface area contributed by atoms with Crippen LogP contribution in [0.25, 0.3) is 22.2 Å². The van der Waals surface area contributed by atoms with Crippen molar-refractivity contribution in [3.05, 3.63) is 47.5 Å². The van der Waals surface area contributed by atoms with Crippen LogP contribution in [0.3, 0.4) is 0 Å². The second kappa shape index (κ2) is 12.0. The normalized spacial score (nSPS) is 20.5. The fraction of sp³-hybridized carbons (Fsp3) is 0.531. The lowest BCUT2D eigenvalue weighted by molar-refractivity contribution is -0.131. The lowest BCUT2D eigenvalue weighted by atomic mass is 9.87. The fourth-order valence-corrected chi connectivity index (χ4v) is 6.43. The SMILES string of the molecule is COc1ccc(-c2[nH]c3ccc(C4CCN(C(=O)CN[C@H]5CC[C@H](N)CC5)CC4)cc3c2C(C)C)cc1OC. The topological polar surface area (TPSA) is 92.6 Å². The standard InChI is InChI=1S/C32H44N4O3/c1-20(2)31-26-17-22(5-11-27(26)35-32(31)23-6-12-28(38-3)29(18-23)39-4)21-13-15-36(16-14-21)30(37)19-34-25-9-7-24(33)8-10-25/h5-6,11-12,17-18,20-21,24-25,34-35H,7-10,13-16,19,33H2,1-4H3/t24-,25-. The minimum atomic E-state index is 0.228. The molecule has 2 heterocycles. The summed E-state index contributed by atoms with van der Waals surface area (Å²) in [6.07, 6.45) is 6.25. The summed E-state index contributed by atoms with van der Waals surface area (Å²) in [5.74, 6) is 2.49. The average molecular weight is 533 g/mol. The molecular formula is C32H44N4O3. The van der Waals surface area contributed by atoms with E-state index in [0.717, 1.165) is 79.9 Å². The predicted octanol–water partition coefficient (Wildman–Crippen LogP) is 5.54. The number of piperidine rings is 1. The number of aromatic amines is 1. The third-order valence-corrected chi connectivity index (χ3v) is 8.75. The molecule has 1 saturated heterocycles. The molecule has 1 saturated carbocycles. The molecule has 3 aromatic rings. The summed E-state index contributed by atoms with van der Waals surface area (Å²) in [6, 6.07) is 13.7. The molecule has 5 rings (SSSR count). The third-order valence-electron chi connectivity index (χ3n) is 8.75. The van der Waals surface area contributed by atoms with Crippen molar-refractivity contribution in [2.75, 3.05) is 33.9 Å². The van der Waals surface area contributed by atoms with Crippen LogP contribution in [0.5, 0.6) is 11.5 Å². The Morgan fingerprint density at radius 2 is 1.72 bits per heavy atom. The summed E-state index contributed by atoms with van der Waals surface area (Å²) in [7, 11) is 3.33. The van der Waals surface area contributed by atoms with E-state index in [1.54, 1.807) is 14.2 Å². The number of benzene rings is 2. The van der Waals surface area contributed by atoms with Crippen molar-refractivity contribution >= 4 is 16.8 Å². The molecule has 1 aromatic heterocycles. The van der Waals surface area contributed by atoms with Gasteiger partial charge in [-0.3, -0.25) is 4.79 Å². The molecule has 1 aliphatic carbocycles. The Morgan fingerprint density at radius 3 is 2.38 bits per heavy atom. The summed E-state index contributed by atoms with van der Waals surface area (Å²) in [5.41, 5.74) is 12.1. The van der Waals surface area contributed by atoms with E-state index in [4.69, 9.17) is 15.2 Å². The van der Waals surface area contributed by atoms with Gasteiger partial charge in [-0.05, 0) is 91.8 Å². The molecule has 0 spiro atoms. The van der Waals surface area contributed by atoms with Crippen molar-refractivity contribution in [1.29, 1.82) is 0 Å². The number of hydrogen-bond acceptors (Lipinski definition) is 5. The lowest BCUT2D eigenvalue weighted by Crippen LogP contribution is -2.46. The first-order chi connectivity index (χ1) is 18.9. The first kappa shape index (κ1) is 27.5. The van der Waals surface area contributed by atoms with E-state index in [1.165, 1.54) is 16.5 Å². The van der Waals surface area contributed by atoms with Gasteiger partial charge in [-0.25, -0.2) is 0 Å². The molecule has 0 bridgehead atoms. The number of nitrogens with one attached hydrogen (secondary N) is 2. The van der Waals surface area contributed by atoms with Gasteiger partial charge in [-0.1, -0.05) is 19.9 Å². The number of aromatic nitrogens is 1. The molecule has 7 heteroatoms. The van der Waals surface area contributed by atoms with Gasteiger partial charge in [0.2, 0.25) is 5.91 Å². The molecule has 2 aromatic carbocycles. The molecule has 7 nitrogen and oxygen atoms in total. The summed E-state index contributed by atoms with van der Waals surface area (Å²) in [4.78, 5) is 18.6. The number of methoxy groups -OCH3 is 2. The Bertz CT molecular complexity index is 1280.